The van der Waals surface area contributed by atoms with Crippen molar-refractivity contribution in [2.24, 2.45) is 0 Å². The van der Waals surface area contributed by atoms with Gasteiger partial charge in [-0.25, -0.2) is 15.0 Å². The Hall–Kier alpha value is -5.87. The minimum Gasteiger partial charge on any atom is -0.456 e. The predicted octanol–water partition coefficient (Wildman–Crippen LogP) is 10.2. The van der Waals surface area contributed by atoms with Crippen molar-refractivity contribution in [2.75, 3.05) is 0 Å². The van der Waals surface area contributed by atoms with E-state index >= 15 is 0 Å². The van der Waals surface area contributed by atoms with E-state index in [9.17, 15) is 0 Å². The average molecular weight is 550 g/mol. The third-order valence-electron chi connectivity index (χ3n) is 8.30. The molecule has 9 aromatic rings. The molecule has 4 heteroatoms. The van der Waals surface area contributed by atoms with Gasteiger partial charge in [-0.15, -0.1) is 0 Å². The Balaban J connectivity index is 1.33. The smallest absolute Gasteiger partial charge is 0.164 e. The normalized spacial score (nSPS) is 11.7. The molecule has 0 radical (unpaired) electrons. The lowest BCUT2D eigenvalue weighted by molar-refractivity contribution is 0.669. The van der Waals surface area contributed by atoms with E-state index in [0.717, 1.165) is 38.6 Å². The maximum atomic E-state index is 6.20. The molecule has 7 aromatic carbocycles. The SMILES string of the molecule is c1ccc(-c2nc(-c3ccc4ccc5ccc6ccccc6c5c4c3)nc(-c3cccc4oc5ccccc5c34)n2)cc1. The van der Waals surface area contributed by atoms with E-state index in [2.05, 4.69) is 78.9 Å². The van der Waals surface area contributed by atoms with Gasteiger partial charge in [0.15, 0.2) is 17.5 Å². The lowest BCUT2D eigenvalue weighted by atomic mass is 9.95. The number of hydrogen-bond donors (Lipinski definition) is 0. The van der Waals surface area contributed by atoms with Crippen LogP contribution in [0.25, 0.3) is 88.4 Å². The second kappa shape index (κ2) is 9.33. The van der Waals surface area contributed by atoms with E-state index in [0.29, 0.717) is 17.5 Å². The molecule has 43 heavy (non-hydrogen) atoms. The molecule has 0 spiro atoms. The molecule has 200 valence electrons. The Morgan fingerprint density at radius 2 is 1.00 bits per heavy atom. The van der Waals surface area contributed by atoms with Crippen LogP contribution in [0, 0.1) is 0 Å². The van der Waals surface area contributed by atoms with Crippen molar-refractivity contribution in [2.45, 2.75) is 0 Å². The van der Waals surface area contributed by atoms with Crippen LogP contribution < -0.4 is 0 Å². The first-order chi connectivity index (χ1) is 21.3. The highest BCUT2D eigenvalue weighted by atomic mass is 16.3. The van der Waals surface area contributed by atoms with E-state index in [1.54, 1.807) is 0 Å². The summed E-state index contributed by atoms with van der Waals surface area (Å²) in [6, 6.07) is 48.1. The fraction of sp³-hybridized carbons (Fsp3) is 0. The van der Waals surface area contributed by atoms with E-state index in [4.69, 9.17) is 19.4 Å². The van der Waals surface area contributed by atoms with Gasteiger partial charge in [0, 0.05) is 27.5 Å². The highest BCUT2D eigenvalue weighted by Crippen LogP contribution is 2.38. The quantitative estimate of drug-likeness (QED) is 0.206. The summed E-state index contributed by atoms with van der Waals surface area (Å²) < 4.78 is 6.20. The lowest BCUT2D eigenvalue weighted by Crippen LogP contribution is -2.00. The van der Waals surface area contributed by atoms with Crippen molar-refractivity contribution in [3.63, 3.8) is 0 Å². The highest BCUT2D eigenvalue weighted by molar-refractivity contribution is 6.20. The Morgan fingerprint density at radius 1 is 0.372 bits per heavy atom. The van der Waals surface area contributed by atoms with Gasteiger partial charge < -0.3 is 4.42 Å². The van der Waals surface area contributed by atoms with Crippen molar-refractivity contribution in [3.8, 4) is 34.2 Å². The van der Waals surface area contributed by atoms with Crippen molar-refractivity contribution >= 4 is 54.3 Å². The zero-order valence-corrected chi connectivity index (χ0v) is 23.0. The number of nitrogens with zero attached hydrogens (tertiary/aromatic N) is 3. The Kier molecular flexibility index (Phi) is 5.16. The summed E-state index contributed by atoms with van der Waals surface area (Å²) in [6.07, 6.45) is 0. The second-order valence-corrected chi connectivity index (χ2v) is 10.8. The molecule has 0 N–H and O–H groups in total. The van der Waals surface area contributed by atoms with Crippen LogP contribution in [0.2, 0.25) is 0 Å². The summed E-state index contributed by atoms with van der Waals surface area (Å²) in [4.78, 5) is 15.2. The topological polar surface area (TPSA) is 51.8 Å². The largest absolute Gasteiger partial charge is 0.456 e. The summed E-state index contributed by atoms with van der Waals surface area (Å²) >= 11 is 0. The fourth-order valence-electron chi connectivity index (χ4n) is 6.27. The van der Waals surface area contributed by atoms with Gasteiger partial charge in [0.2, 0.25) is 0 Å². The molecule has 0 fully saturated rings. The van der Waals surface area contributed by atoms with Gasteiger partial charge in [-0.3, -0.25) is 0 Å². The maximum Gasteiger partial charge on any atom is 0.164 e. The summed E-state index contributed by atoms with van der Waals surface area (Å²) in [7, 11) is 0. The number of fused-ring (bicyclic) bond motifs is 8. The van der Waals surface area contributed by atoms with E-state index in [1.165, 1.54) is 32.3 Å². The van der Waals surface area contributed by atoms with Gasteiger partial charge in [-0.2, -0.15) is 0 Å². The number of para-hydroxylation sites is 1. The van der Waals surface area contributed by atoms with Crippen LogP contribution in [0.4, 0.5) is 0 Å². The molecular formula is C39H23N3O. The number of aromatic nitrogens is 3. The van der Waals surface area contributed by atoms with Crippen molar-refractivity contribution in [1.82, 2.24) is 15.0 Å². The summed E-state index contributed by atoms with van der Waals surface area (Å²) in [5.41, 5.74) is 4.45. The fourth-order valence-corrected chi connectivity index (χ4v) is 6.27. The lowest BCUT2D eigenvalue weighted by Gasteiger charge is -2.11. The zero-order valence-electron chi connectivity index (χ0n) is 23.0. The van der Waals surface area contributed by atoms with Crippen LogP contribution >= 0.6 is 0 Å². The van der Waals surface area contributed by atoms with Crippen molar-refractivity contribution in [1.29, 1.82) is 0 Å². The van der Waals surface area contributed by atoms with Crippen LogP contribution in [0.5, 0.6) is 0 Å². The summed E-state index contributed by atoms with van der Waals surface area (Å²) in [6.45, 7) is 0. The number of rotatable bonds is 3. The van der Waals surface area contributed by atoms with E-state index in [1.807, 2.05) is 60.7 Å². The van der Waals surface area contributed by atoms with Gasteiger partial charge >= 0.3 is 0 Å². The second-order valence-electron chi connectivity index (χ2n) is 10.8. The molecule has 0 aliphatic carbocycles. The van der Waals surface area contributed by atoms with Crippen LogP contribution in [-0.4, -0.2) is 15.0 Å². The number of hydrogen-bond acceptors (Lipinski definition) is 4. The van der Waals surface area contributed by atoms with Gasteiger partial charge in [0.25, 0.3) is 0 Å². The van der Waals surface area contributed by atoms with Crippen molar-refractivity contribution in [3.05, 3.63) is 140 Å². The molecule has 4 nitrogen and oxygen atoms in total. The summed E-state index contributed by atoms with van der Waals surface area (Å²) in [5.74, 6) is 1.88. The minimum absolute atomic E-state index is 0.615. The zero-order chi connectivity index (χ0) is 28.3. The third kappa shape index (κ3) is 3.81. The number of benzene rings is 7. The van der Waals surface area contributed by atoms with Gasteiger partial charge in [0.1, 0.15) is 11.2 Å². The van der Waals surface area contributed by atoms with E-state index < -0.39 is 0 Å². The molecule has 0 amide bonds. The van der Waals surface area contributed by atoms with Crippen LogP contribution in [0.15, 0.2) is 144 Å². The molecule has 9 rings (SSSR count). The molecule has 0 aliphatic heterocycles. The molecule has 0 unspecified atom stereocenters. The molecule has 2 aromatic heterocycles. The monoisotopic (exact) mass is 549 g/mol. The first-order valence-electron chi connectivity index (χ1n) is 14.4. The first kappa shape index (κ1) is 23.8. The van der Waals surface area contributed by atoms with Gasteiger partial charge in [-0.05, 0) is 50.5 Å². The average Bonchev–Trinajstić information content (AvgIpc) is 3.47. The first-order valence-corrected chi connectivity index (χ1v) is 14.4. The van der Waals surface area contributed by atoms with Crippen LogP contribution in [0.1, 0.15) is 0 Å². The molecule has 0 saturated carbocycles. The molecule has 0 saturated heterocycles. The molecule has 2 heterocycles. The summed E-state index contributed by atoms with van der Waals surface area (Å²) in [5, 5.41) is 9.32. The third-order valence-corrected chi connectivity index (χ3v) is 8.30. The standard InChI is InChI=1S/C39H23N3O/c1-2-10-27(11-3-1)37-40-38(42-39(41-37)31-14-8-16-34-36(31)30-13-6-7-15-33(30)43-34)28-22-19-25-18-21-26-20-17-24-9-4-5-12-29(24)35(26)32(25)23-28/h1-23H. The Morgan fingerprint density at radius 3 is 1.86 bits per heavy atom. The van der Waals surface area contributed by atoms with E-state index in [-0.39, 0.29) is 0 Å². The minimum atomic E-state index is 0.615. The molecule has 0 aliphatic rings. The van der Waals surface area contributed by atoms with Gasteiger partial charge in [0.05, 0.1) is 0 Å². The van der Waals surface area contributed by atoms with Crippen LogP contribution in [0.3, 0.4) is 0 Å². The Bertz CT molecular complexity index is 2510. The Labute approximate surface area is 246 Å². The van der Waals surface area contributed by atoms with Crippen molar-refractivity contribution < 1.29 is 4.42 Å². The molecule has 0 bridgehead atoms. The number of furan rings is 1. The predicted molar refractivity (Wildman–Crippen MR) is 176 cm³/mol. The highest BCUT2D eigenvalue weighted by Gasteiger charge is 2.18. The molecular weight excluding hydrogens is 526 g/mol. The maximum absolute atomic E-state index is 6.20. The van der Waals surface area contributed by atoms with Crippen LogP contribution in [-0.2, 0) is 0 Å². The molecule has 0 atom stereocenters. The van der Waals surface area contributed by atoms with Gasteiger partial charge in [-0.1, -0.05) is 121 Å².